The van der Waals surface area contributed by atoms with Crippen molar-refractivity contribution in [1.29, 1.82) is 0 Å². The maximum absolute atomic E-state index is 5.69. The van der Waals surface area contributed by atoms with Gasteiger partial charge in [0.15, 0.2) is 0 Å². The highest BCUT2D eigenvalue weighted by molar-refractivity contribution is 5.65. The first-order valence-corrected chi connectivity index (χ1v) is 7.63. The van der Waals surface area contributed by atoms with E-state index in [0.717, 1.165) is 38.4 Å². The molecule has 0 aliphatic carbocycles. The molecule has 0 bridgehead atoms. The summed E-state index contributed by atoms with van der Waals surface area (Å²) in [4.78, 5) is 0. The summed E-state index contributed by atoms with van der Waals surface area (Å²) >= 11 is 0. The number of anilines is 1. The van der Waals surface area contributed by atoms with E-state index in [2.05, 4.69) is 29.7 Å². The summed E-state index contributed by atoms with van der Waals surface area (Å²) in [5, 5.41) is 7.10. The molecule has 2 aliphatic heterocycles. The van der Waals surface area contributed by atoms with E-state index >= 15 is 0 Å². The number of fused-ring (bicyclic) bond motifs is 3. The van der Waals surface area contributed by atoms with E-state index in [4.69, 9.17) is 4.74 Å². The Morgan fingerprint density at radius 3 is 3.21 bits per heavy atom. The third-order valence-electron chi connectivity index (χ3n) is 4.25. The molecule has 104 valence electrons. The number of rotatable bonds is 6. The van der Waals surface area contributed by atoms with E-state index in [1.165, 1.54) is 36.1 Å². The third-order valence-corrected chi connectivity index (χ3v) is 4.25. The second-order valence-electron chi connectivity index (χ2n) is 5.57. The highest BCUT2D eigenvalue weighted by Gasteiger charge is 2.28. The van der Waals surface area contributed by atoms with Crippen LogP contribution < -0.4 is 15.4 Å². The third kappa shape index (κ3) is 2.57. The number of ether oxygens (including phenoxy) is 1. The topological polar surface area (TPSA) is 33.3 Å². The van der Waals surface area contributed by atoms with Crippen LogP contribution in [0.25, 0.3) is 0 Å². The van der Waals surface area contributed by atoms with E-state index in [1.54, 1.807) is 0 Å². The first-order chi connectivity index (χ1) is 9.40. The van der Waals surface area contributed by atoms with E-state index in [9.17, 15) is 0 Å². The lowest BCUT2D eigenvalue weighted by molar-refractivity contribution is 0.357. The lowest BCUT2D eigenvalue weighted by Crippen LogP contribution is -2.19. The molecule has 1 unspecified atom stereocenters. The predicted molar refractivity (Wildman–Crippen MR) is 79.3 cm³/mol. The Balaban J connectivity index is 1.63. The zero-order valence-electron chi connectivity index (χ0n) is 11.8. The molecule has 0 radical (unpaired) electrons. The molecule has 2 N–H and O–H groups in total. The molecule has 2 heterocycles. The van der Waals surface area contributed by atoms with Crippen LogP contribution in [0.5, 0.6) is 5.75 Å². The van der Waals surface area contributed by atoms with Gasteiger partial charge in [0.05, 0.1) is 6.61 Å². The van der Waals surface area contributed by atoms with Gasteiger partial charge in [0, 0.05) is 30.1 Å². The molecule has 1 aromatic rings. The highest BCUT2D eigenvalue weighted by atomic mass is 16.5. The van der Waals surface area contributed by atoms with Crippen LogP contribution in [0.1, 0.15) is 43.2 Å². The highest BCUT2D eigenvalue weighted by Crippen LogP contribution is 2.42. The van der Waals surface area contributed by atoms with E-state index in [0.29, 0.717) is 5.92 Å². The van der Waals surface area contributed by atoms with Gasteiger partial charge in [0.1, 0.15) is 5.75 Å². The maximum atomic E-state index is 5.69. The number of unbranched alkanes of at least 4 members (excludes halogenated alkanes) is 1. The maximum Gasteiger partial charge on any atom is 0.123 e. The van der Waals surface area contributed by atoms with Crippen LogP contribution in [-0.2, 0) is 6.42 Å². The zero-order chi connectivity index (χ0) is 13.1. The number of hydrogen-bond donors (Lipinski definition) is 2. The lowest BCUT2D eigenvalue weighted by Gasteiger charge is -2.13. The molecular weight excluding hydrogens is 236 g/mol. The summed E-state index contributed by atoms with van der Waals surface area (Å²) in [7, 11) is 0. The number of benzene rings is 1. The minimum absolute atomic E-state index is 0.653. The van der Waals surface area contributed by atoms with Gasteiger partial charge in [0.25, 0.3) is 0 Å². The van der Waals surface area contributed by atoms with Crippen molar-refractivity contribution in [2.75, 3.05) is 31.6 Å². The lowest BCUT2D eigenvalue weighted by atomic mass is 9.92. The Kier molecular flexibility index (Phi) is 3.92. The summed E-state index contributed by atoms with van der Waals surface area (Å²) in [6.07, 6.45) is 4.86. The Morgan fingerprint density at radius 2 is 2.32 bits per heavy atom. The summed E-state index contributed by atoms with van der Waals surface area (Å²) in [6.45, 7) is 6.45. The Labute approximate surface area is 115 Å². The quantitative estimate of drug-likeness (QED) is 0.772. The van der Waals surface area contributed by atoms with Gasteiger partial charge in [-0.3, -0.25) is 0 Å². The second kappa shape index (κ2) is 5.83. The molecule has 1 atom stereocenters. The zero-order valence-corrected chi connectivity index (χ0v) is 11.8. The van der Waals surface area contributed by atoms with Gasteiger partial charge in [-0.05, 0) is 43.6 Å². The normalized spacial score (nSPS) is 19.7. The van der Waals surface area contributed by atoms with Gasteiger partial charge >= 0.3 is 0 Å². The average molecular weight is 260 g/mol. The molecule has 19 heavy (non-hydrogen) atoms. The summed E-state index contributed by atoms with van der Waals surface area (Å²) in [5.74, 6) is 1.77. The molecule has 0 fully saturated rings. The molecule has 0 aromatic heterocycles. The molecule has 3 nitrogen and oxygen atoms in total. The molecule has 0 amide bonds. The summed E-state index contributed by atoms with van der Waals surface area (Å²) < 4.78 is 5.69. The van der Waals surface area contributed by atoms with Crippen molar-refractivity contribution in [3.8, 4) is 5.75 Å². The first-order valence-electron chi connectivity index (χ1n) is 7.63. The van der Waals surface area contributed by atoms with Gasteiger partial charge in [-0.1, -0.05) is 13.3 Å². The van der Waals surface area contributed by atoms with E-state index < -0.39 is 0 Å². The fourth-order valence-corrected chi connectivity index (χ4v) is 3.21. The molecule has 0 saturated carbocycles. The standard InChI is InChI=1S/C16H24N2O/c1-2-3-8-17-9-6-12-11-18-14-4-5-15-13(16(12)14)7-10-19-15/h4-5,12,17-18H,2-3,6-11H2,1H3. The summed E-state index contributed by atoms with van der Waals surface area (Å²) in [6, 6.07) is 4.31. The first kappa shape index (κ1) is 12.8. The fraction of sp³-hybridized carbons (Fsp3) is 0.625. The molecule has 2 aliphatic rings. The smallest absolute Gasteiger partial charge is 0.123 e. The molecular formula is C16H24N2O. The molecule has 3 heteroatoms. The van der Waals surface area contributed by atoms with Crippen LogP contribution in [0.15, 0.2) is 12.1 Å². The number of nitrogens with one attached hydrogen (secondary N) is 2. The van der Waals surface area contributed by atoms with Crippen LogP contribution in [-0.4, -0.2) is 26.2 Å². The van der Waals surface area contributed by atoms with Gasteiger partial charge in [-0.25, -0.2) is 0 Å². The second-order valence-corrected chi connectivity index (χ2v) is 5.57. The van der Waals surface area contributed by atoms with Crippen molar-refractivity contribution < 1.29 is 4.74 Å². The monoisotopic (exact) mass is 260 g/mol. The van der Waals surface area contributed by atoms with Crippen LogP contribution in [0, 0.1) is 0 Å². The predicted octanol–water partition coefficient (Wildman–Crippen LogP) is 2.91. The number of hydrogen-bond acceptors (Lipinski definition) is 3. The van der Waals surface area contributed by atoms with Gasteiger partial charge < -0.3 is 15.4 Å². The van der Waals surface area contributed by atoms with Crippen molar-refractivity contribution in [3.63, 3.8) is 0 Å². The SMILES string of the molecule is CCCCNCCC1CNc2ccc3c(c21)CCO3. The minimum atomic E-state index is 0.653. The minimum Gasteiger partial charge on any atom is -0.493 e. The van der Waals surface area contributed by atoms with Crippen LogP contribution in [0.2, 0.25) is 0 Å². The molecule has 3 rings (SSSR count). The van der Waals surface area contributed by atoms with Gasteiger partial charge in [-0.15, -0.1) is 0 Å². The summed E-state index contributed by atoms with van der Waals surface area (Å²) in [5.41, 5.74) is 4.33. The van der Waals surface area contributed by atoms with Crippen molar-refractivity contribution in [2.24, 2.45) is 0 Å². The van der Waals surface area contributed by atoms with E-state index in [1.807, 2.05) is 0 Å². The molecule has 0 saturated heterocycles. The molecule has 0 spiro atoms. The van der Waals surface area contributed by atoms with Gasteiger partial charge in [0.2, 0.25) is 0 Å². The van der Waals surface area contributed by atoms with Crippen molar-refractivity contribution >= 4 is 5.69 Å². The largest absolute Gasteiger partial charge is 0.493 e. The van der Waals surface area contributed by atoms with Gasteiger partial charge in [-0.2, -0.15) is 0 Å². The van der Waals surface area contributed by atoms with E-state index in [-0.39, 0.29) is 0 Å². The van der Waals surface area contributed by atoms with Crippen molar-refractivity contribution in [1.82, 2.24) is 5.32 Å². The van der Waals surface area contributed by atoms with Crippen LogP contribution in [0.3, 0.4) is 0 Å². The Hall–Kier alpha value is -1.22. The van der Waals surface area contributed by atoms with Crippen LogP contribution >= 0.6 is 0 Å². The fourth-order valence-electron chi connectivity index (χ4n) is 3.21. The van der Waals surface area contributed by atoms with Crippen molar-refractivity contribution in [2.45, 2.75) is 38.5 Å². The Morgan fingerprint density at radius 1 is 1.37 bits per heavy atom. The van der Waals surface area contributed by atoms with Crippen molar-refractivity contribution in [3.05, 3.63) is 23.3 Å². The van der Waals surface area contributed by atoms with Crippen LogP contribution in [0.4, 0.5) is 5.69 Å². The Bertz CT molecular complexity index is 445. The molecule has 1 aromatic carbocycles. The average Bonchev–Trinajstić information content (AvgIpc) is 3.03.